The van der Waals surface area contributed by atoms with Crippen molar-refractivity contribution in [2.75, 3.05) is 34.0 Å². The Morgan fingerprint density at radius 1 is 1.15 bits per heavy atom. The molecule has 0 aliphatic rings. The van der Waals surface area contributed by atoms with Crippen molar-refractivity contribution in [2.24, 2.45) is 5.41 Å². The van der Waals surface area contributed by atoms with E-state index >= 15 is 0 Å². The Morgan fingerprint density at radius 2 is 1.62 bits per heavy atom. The Balaban J connectivity index is 3.98. The smallest absolute Gasteiger partial charge is 0.302 e. The van der Waals surface area contributed by atoms with Gasteiger partial charge in [0.05, 0.1) is 13.2 Å². The summed E-state index contributed by atoms with van der Waals surface area (Å²) in [6, 6.07) is 0. The molecular formula is C9H18O4. The van der Waals surface area contributed by atoms with Crippen molar-refractivity contribution >= 4 is 5.97 Å². The van der Waals surface area contributed by atoms with Crippen LogP contribution in [0.25, 0.3) is 0 Å². The third-order valence-corrected chi connectivity index (χ3v) is 1.61. The maximum atomic E-state index is 10.6. The first-order valence-electron chi connectivity index (χ1n) is 4.15. The van der Waals surface area contributed by atoms with E-state index in [1.54, 1.807) is 14.2 Å². The second-order valence-electron chi connectivity index (χ2n) is 3.46. The number of rotatable bonds is 6. The van der Waals surface area contributed by atoms with Gasteiger partial charge in [-0.15, -0.1) is 0 Å². The molecule has 0 aromatic carbocycles. The minimum absolute atomic E-state index is 0.255. The van der Waals surface area contributed by atoms with Gasteiger partial charge in [-0.25, -0.2) is 0 Å². The van der Waals surface area contributed by atoms with E-state index in [-0.39, 0.29) is 11.4 Å². The molecule has 0 radical (unpaired) electrons. The Bertz CT molecular complexity index is 150. The number of hydrogen-bond acceptors (Lipinski definition) is 4. The summed E-state index contributed by atoms with van der Waals surface area (Å²) in [7, 11) is 3.23. The number of methoxy groups -OCH3 is 2. The summed E-state index contributed by atoms with van der Waals surface area (Å²) >= 11 is 0. The molecule has 0 saturated heterocycles. The highest BCUT2D eigenvalue weighted by molar-refractivity contribution is 5.65. The van der Waals surface area contributed by atoms with Crippen molar-refractivity contribution in [3.63, 3.8) is 0 Å². The molecule has 4 heteroatoms. The number of esters is 1. The molecule has 0 aromatic heterocycles. The van der Waals surface area contributed by atoms with E-state index in [1.807, 2.05) is 6.92 Å². The van der Waals surface area contributed by atoms with E-state index in [0.29, 0.717) is 19.8 Å². The summed E-state index contributed by atoms with van der Waals surface area (Å²) in [6.07, 6.45) is 0. The molecule has 13 heavy (non-hydrogen) atoms. The van der Waals surface area contributed by atoms with Crippen LogP contribution in [0, 0.1) is 5.41 Å². The van der Waals surface area contributed by atoms with Crippen LogP contribution < -0.4 is 0 Å². The van der Waals surface area contributed by atoms with Crippen LogP contribution in [0.5, 0.6) is 0 Å². The van der Waals surface area contributed by atoms with Gasteiger partial charge in [0.2, 0.25) is 0 Å². The van der Waals surface area contributed by atoms with Gasteiger partial charge in [-0.05, 0) is 0 Å². The highest BCUT2D eigenvalue weighted by Crippen LogP contribution is 2.17. The van der Waals surface area contributed by atoms with Gasteiger partial charge in [0.25, 0.3) is 0 Å². The zero-order valence-electron chi connectivity index (χ0n) is 8.75. The first-order valence-corrected chi connectivity index (χ1v) is 4.15. The van der Waals surface area contributed by atoms with Crippen molar-refractivity contribution in [2.45, 2.75) is 13.8 Å². The zero-order chi connectivity index (χ0) is 10.3. The van der Waals surface area contributed by atoms with Crippen LogP contribution >= 0.6 is 0 Å². The largest absolute Gasteiger partial charge is 0.465 e. The average molecular weight is 190 g/mol. The lowest BCUT2D eigenvalue weighted by Crippen LogP contribution is -2.34. The molecule has 0 fully saturated rings. The monoisotopic (exact) mass is 190 g/mol. The van der Waals surface area contributed by atoms with Gasteiger partial charge in [-0.3, -0.25) is 4.79 Å². The van der Waals surface area contributed by atoms with Gasteiger partial charge in [0, 0.05) is 26.6 Å². The molecule has 0 aliphatic carbocycles. The van der Waals surface area contributed by atoms with Crippen molar-refractivity contribution < 1.29 is 19.0 Å². The first-order chi connectivity index (χ1) is 6.04. The van der Waals surface area contributed by atoms with Gasteiger partial charge < -0.3 is 14.2 Å². The fraction of sp³-hybridized carbons (Fsp3) is 0.889. The van der Waals surface area contributed by atoms with Crippen LogP contribution in [0.2, 0.25) is 0 Å². The molecule has 4 nitrogen and oxygen atoms in total. The normalized spacial score (nSPS) is 11.4. The number of hydrogen-bond donors (Lipinski definition) is 0. The molecule has 78 valence electrons. The minimum Gasteiger partial charge on any atom is -0.465 e. The third-order valence-electron chi connectivity index (χ3n) is 1.61. The molecular weight excluding hydrogens is 172 g/mol. The standard InChI is InChI=1S/C9H18O4/c1-8(10)13-7-9(2,5-11-3)6-12-4/h5-7H2,1-4H3. The van der Waals surface area contributed by atoms with Gasteiger partial charge in [-0.1, -0.05) is 6.92 Å². The Morgan fingerprint density at radius 3 is 1.92 bits per heavy atom. The molecule has 0 aliphatic heterocycles. The van der Waals surface area contributed by atoms with Crippen molar-refractivity contribution in [1.82, 2.24) is 0 Å². The number of carbonyl (C=O) groups excluding carboxylic acids is 1. The highest BCUT2D eigenvalue weighted by atomic mass is 16.5. The molecule has 0 spiro atoms. The fourth-order valence-electron chi connectivity index (χ4n) is 1.10. The van der Waals surface area contributed by atoms with Crippen LogP contribution in [-0.2, 0) is 19.0 Å². The van der Waals surface area contributed by atoms with Crippen LogP contribution in [-0.4, -0.2) is 40.0 Å². The van der Waals surface area contributed by atoms with Crippen LogP contribution in [0.15, 0.2) is 0 Å². The number of carbonyl (C=O) groups is 1. The molecule has 0 aromatic rings. The third kappa shape index (κ3) is 5.60. The van der Waals surface area contributed by atoms with E-state index in [2.05, 4.69) is 0 Å². The second-order valence-corrected chi connectivity index (χ2v) is 3.46. The predicted octanol–water partition coefficient (Wildman–Crippen LogP) is 0.849. The molecule has 0 heterocycles. The van der Waals surface area contributed by atoms with E-state index < -0.39 is 0 Å². The molecule has 0 rings (SSSR count). The van der Waals surface area contributed by atoms with Gasteiger partial charge in [0.1, 0.15) is 6.61 Å². The SMILES string of the molecule is COCC(C)(COC)COC(C)=O. The lowest BCUT2D eigenvalue weighted by atomic mass is 9.94. The summed E-state index contributed by atoms with van der Waals surface area (Å²) in [5, 5.41) is 0. The molecule has 0 atom stereocenters. The van der Waals surface area contributed by atoms with Crippen LogP contribution in [0.4, 0.5) is 0 Å². The average Bonchev–Trinajstić information content (AvgIpc) is 2.02. The van der Waals surface area contributed by atoms with Gasteiger partial charge in [0.15, 0.2) is 0 Å². The van der Waals surface area contributed by atoms with E-state index in [1.165, 1.54) is 6.92 Å². The lowest BCUT2D eigenvalue weighted by Gasteiger charge is -2.26. The van der Waals surface area contributed by atoms with Gasteiger partial charge >= 0.3 is 5.97 Å². The summed E-state index contributed by atoms with van der Waals surface area (Å²) in [4.78, 5) is 10.6. The fourth-order valence-corrected chi connectivity index (χ4v) is 1.10. The summed E-state index contributed by atoms with van der Waals surface area (Å²) in [5.74, 6) is -0.279. The summed E-state index contributed by atoms with van der Waals surface area (Å²) < 4.78 is 15.0. The molecule has 0 amide bonds. The quantitative estimate of drug-likeness (QED) is 0.582. The molecule has 0 saturated carbocycles. The van der Waals surface area contributed by atoms with Crippen molar-refractivity contribution in [3.05, 3.63) is 0 Å². The molecule has 0 unspecified atom stereocenters. The van der Waals surface area contributed by atoms with E-state index in [9.17, 15) is 4.79 Å². The Labute approximate surface area is 79.2 Å². The topological polar surface area (TPSA) is 44.8 Å². The first kappa shape index (κ1) is 12.4. The van der Waals surface area contributed by atoms with E-state index in [4.69, 9.17) is 14.2 Å². The maximum Gasteiger partial charge on any atom is 0.302 e. The van der Waals surface area contributed by atoms with Gasteiger partial charge in [-0.2, -0.15) is 0 Å². The van der Waals surface area contributed by atoms with Crippen LogP contribution in [0.3, 0.4) is 0 Å². The second kappa shape index (κ2) is 5.94. The predicted molar refractivity (Wildman–Crippen MR) is 48.5 cm³/mol. The maximum absolute atomic E-state index is 10.6. The summed E-state index contributed by atoms with van der Waals surface area (Å²) in [5.41, 5.74) is -0.255. The Kier molecular flexibility index (Phi) is 5.66. The summed E-state index contributed by atoms with van der Waals surface area (Å²) in [6.45, 7) is 4.68. The van der Waals surface area contributed by atoms with Crippen molar-refractivity contribution in [3.8, 4) is 0 Å². The number of ether oxygens (including phenoxy) is 3. The molecule has 0 N–H and O–H groups in total. The van der Waals surface area contributed by atoms with Crippen LogP contribution in [0.1, 0.15) is 13.8 Å². The highest BCUT2D eigenvalue weighted by Gasteiger charge is 2.25. The lowest BCUT2D eigenvalue weighted by molar-refractivity contribution is -0.147. The Hall–Kier alpha value is -0.610. The van der Waals surface area contributed by atoms with Crippen molar-refractivity contribution in [1.29, 1.82) is 0 Å². The minimum atomic E-state index is -0.279. The van der Waals surface area contributed by atoms with E-state index in [0.717, 1.165) is 0 Å². The molecule has 0 bridgehead atoms. The zero-order valence-corrected chi connectivity index (χ0v) is 8.75.